The topological polar surface area (TPSA) is 38.0 Å². The van der Waals surface area contributed by atoms with Gasteiger partial charge in [-0.15, -0.1) is 0 Å². The van der Waals surface area contributed by atoms with Crippen LogP contribution >= 0.6 is 15.9 Å². The van der Waals surface area contributed by atoms with E-state index in [9.17, 15) is 4.39 Å². The Kier molecular flexibility index (Phi) is 4.41. The highest BCUT2D eigenvalue weighted by molar-refractivity contribution is 9.10. The lowest BCUT2D eigenvalue weighted by atomic mass is 9.69. The summed E-state index contributed by atoms with van der Waals surface area (Å²) in [4.78, 5) is 0. The maximum Gasteiger partial charge on any atom is 0.142 e. The first-order valence-electron chi connectivity index (χ1n) is 6.48. The minimum absolute atomic E-state index is 0.0363. The summed E-state index contributed by atoms with van der Waals surface area (Å²) in [5, 5.41) is 0. The number of nitrogens with two attached hydrogens (primary N) is 1. The van der Waals surface area contributed by atoms with Crippen LogP contribution in [0.1, 0.15) is 50.6 Å². The standard InChI is InChI=1S/C14H20BrFN2/c1-14(8-3-2-4-9-14)13(18-17)10-6-5-7-11(15)12(10)16/h5-7,13,18H,2-4,8-9,17H2,1H3. The van der Waals surface area contributed by atoms with Crippen LogP contribution in [-0.2, 0) is 0 Å². The third-order valence-electron chi connectivity index (χ3n) is 4.15. The van der Waals surface area contributed by atoms with Crippen molar-refractivity contribution >= 4 is 15.9 Å². The first kappa shape index (κ1) is 14.0. The fourth-order valence-corrected chi connectivity index (χ4v) is 3.44. The summed E-state index contributed by atoms with van der Waals surface area (Å²) in [7, 11) is 0. The molecule has 0 aromatic heterocycles. The van der Waals surface area contributed by atoms with Crippen LogP contribution < -0.4 is 11.3 Å². The number of rotatable bonds is 3. The molecule has 1 aliphatic rings. The van der Waals surface area contributed by atoms with Crippen LogP contribution in [0.2, 0.25) is 0 Å². The SMILES string of the molecule is CC1(C(NN)c2cccc(Br)c2F)CCCCC1. The summed E-state index contributed by atoms with van der Waals surface area (Å²) in [6.07, 6.45) is 5.85. The van der Waals surface area contributed by atoms with E-state index in [2.05, 4.69) is 28.3 Å². The maximum absolute atomic E-state index is 14.2. The second kappa shape index (κ2) is 5.68. The number of hydrazine groups is 1. The molecule has 0 heterocycles. The van der Waals surface area contributed by atoms with Crippen molar-refractivity contribution in [2.45, 2.75) is 45.1 Å². The van der Waals surface area contributed by atoms with Crippen molar-refractivity contribution < 1.29 is 4.39 Å². The van der Waals surface area contributed by atoms with Gasteiger partial charge in [0.15, 0.2) is 0 Å². The Labute approximate surface area is 116 Å². The fourth-order valence-electron chi connectivity index (χ4n) is 3.06. The van der Waals surface area contributed by atoms with E-state index in [0.29, 0.717) is 10.0 Å². The first-order valence-corrected chi connectivity index (χ1v) is 7.28. The Bertz CT molecular complexity index is 416. The van der Waals surface area contributed by atoms with Gasteiger partial charge in [-0.25, -0.2) is 4.39 Å². The zero-order valence-electron chi connectivity index (χ0n) is 10.7. The molecule has 0 bridgehead atoms. The Hall–Kier alpha value is -0.450. The third kappa shape index (κ3) is 2.60. The summed E-state index contributed by atoms with van der Waals surface area (Å²) in [6.45, 7) is 2.21. The molecule has 1 aromatic carbocycles. The van der Waals surface area contributed by atoms with E-state index in [-0.39, 0.29) is 17.3 Å². The Morgan fingerprint density at radius 1 is 1.33 bits per heavy atom. The summed E-state index contributed by atoms with van der Waals surface area (Å²) in [5.74, 6) is 5.51. The minimum Gasteiger partial charge on any atom is -0.271 e. The van der Waals surface area contributed by atoms with Gasteiger partial charge < -0.3 is 0 Å². The van der Waals surface area contributed by atoms with Crippen molar-refractivity contribution in [3.8, 4) is 0 Å². The lowest BCUT2D eigenvalue weighted by Gasteiger charge is -2.40. The number of nitrogens with one attached hydrogen (secondary N) is 1. The molecule has 0 amide bonds. The second-order valence-corrected chi connectivity index (χ2v) is 6.31. The molecule has 1 unspecified atom stereocenters. The van der Waals surface area contributed by atoms with Gasteiger partial charge in [0.1, 0.15) is 5.82 Å². The van der Waals surface area contributed by atoms with Crippen molar-refractivity contribution in [3.63, 3.8) is 0 Å². The molecule has 0 saturated heterocycles. The van der Waals surface area contributed by atoms with Crippen molar-refractivity contribution in [3.05, 3.63) is 34.1 Å². The molecule has 2 rings (SSSR count). The molecule has 18 heavy (non-hydrogen) atoms. The van der Waals surface area contributed by atoms with Gasteiger partial charge in [-0.05, 0) is 40.3 Å². The van der Waals surface area contributed by atoms with Gasteiger partial charge in [-0.1, -0.05) is 38.3 Å². The van der Waals surface area contributed by atoms with Gasteiger partial charge in [-0.2, -0.15) is 0 Å². The van der Waals surface area contributed by atoms with Crippen LogP contribution in [0.3, 0.4) is 0 Å². The largest absolute Gasteiger partial charge is 0.271 e. The molecule has 1 aromatic rings. The molecule has 0 radical (unpaired) electrons. The van der Waals surface area contributed by atoms with Crippen LogP contribution in [-0.4, -0.2) is 0 Å². The Balaban J connectivity index is 2.35. The molecule has 2 nitrogen and oxygen atoms in total. The number of halogens is 2. The average Bonchev–Trinajstić information content (AvgIpc) is 2.36. The van der Waals surface area contributed by atoms with Crippen LogP contribution in [0, 0.1) is 11.2 Å². The molecule has 0 spiro atoms. The van der Waals surface area contributed by atoms with Crippen LogP contribution in [0.25, 0.3) is 0 Å². The lowest BCUT2D eigenvalue weighted by molar-refractivity contribution is 0.142. The predicted octanol–water partition coefficient (Wildman–Crippen LogP) is 4.06. The number of benzene rings is 1. The molecular formula is C14H20BrFN2. The van der Waals surface area contributed by atoms with Crippen LogP contribution in [0.5, 0.6) is 0 Å². The lowest BCUT2D eigenvalue weighted by Crippen LogP contribution is -2.41. The zero-order valence-corrected chi connectivity index (χ0v) is 12.3. The molecule has 1 saturated carbocycles. The third-order valence-corrected chi connectivity index (χ3v) is 4.76. The Morgan fingerprint density at radius 3 is 2.61 bits per heavy atom. The molecule has 1 aliphatic carbocycles. The molecule has 1 fully saturated rings. The van der Waals surface area contributed by atoms with Gasteiger partial charge in [0, 0.05) is 5.56 Å². The molecular weight excluding hydrogens is 295 g/mol. The van der Waals surface area contributed by atoms with Gasteiger partial charge in [-0.3, -0.25) is 11.3 Å². The highest BCUT2D eigenvalue weighted by atomic mass is 79.9. The summed E-state index contributed by atoms with van der Waals surface area (Å²) in [5.41, 5.74) is 3.54. The molecule has 4 heteroatoms. The van der Waals surface area contributed by atoms with E-state index >= 15 is 0 Å². The van der Waals surface area contributed by atoms with Gasteiger partial charge in [0.05, 0.1) is 10.5 Å². The number of hydrogen-bond acceptors (Lipinski definition) is 2. The van der Waals surface area contributed by atoms with E-state index in [4.69, 9.17) is 5.84 Å². The quantitative estimate of drug-likeness (QED) is 0.652. The summed E-state index contributed by atoms with van der Waals surface area (Å²) < 4.78 is 14.7. The predicted molar refractivity (Wildman–Crippen MR) is 75.4 cm³/mol. The van der Waals surface area contributed by atoms with E-state index in [1.807, 2.05) is 12.1 Å². The van der Waals surface area contributed by atoms with Crippen LogP contribution in [0.4, 0.5) is 4.39 Å². The van der Waals surface area contributed by atoms with Crippen molar-refractivity contribution in [2.24, 2.45) is 11.3 Å². The Morgan fingerprint density at radius 2 is 2.00 bits per heavy atom. The van der Waals surface area contributed by atoms with Crippen LogP contribution in [0.15, 0.2) is 22.7 Å². The van der Waals surface area contributed by atoms with Crippen molar-refractivity contribution in [2.75, 3.05) is 0 Å². The van der Waals surface area contributed by atoms with E-state index in [1.54, 1.807) is 6.07 Å². The van der Waals surface area contributed by atoms with E-state index in [1.165, 1.54) is 19.3 Å². The normalized spacial score (nSPS) is 20.7. The zero-order chi connectivity index (χ0) is 13.2. The molecule has 100 valence electrons. The van der Waals surface area contributed by atoms with Crippen molar-refractivity contribution in [1.29, 1.82) is 0 Å². The minimum atomic E-state index is -0.202. The number of hydrogen-bond donors (Lipinski definition) is 2. The molecule has 1 atom stereocenters. The fraction of sp³-hybridized carbons (Fsp3) is 0.571. The highest BCUT2D eigenvalue weighted by Crippen LogP contribution is 2.46. The highest BCUT2D eigenvalue weighted by Gasteiger charge is 2.37. The average molecular weight is 315 g/mol. The van der Waals surface area contributed by atoms with Gasteiger partial charge in [0.25, 0.3) is 0 Å². The van der Waals surface area contributed by atoms with E-state index in [0.717, 1.165) is 12.8 Å². The molecule has 3 N–H and O–H groups in total. The van der Waals surface area contributed by atoms with Gasteiger partial charge in [0.2, 0.25) is 0 Å². The second-order valence-electron chi connectivity index (χ2n) is 5.46. The maximum atomic E-state index is 14.2. The smallest absolute Gasteiger partial charge is 0.142 e. The van der Waals surface area contributed by atoms with Crippen molar-refractivity contribution in [1.82, 2.24) is 5.43 Å². The summed E-state index contributed by atoms with van der Waals surface area (Å²) >= 11 is 3.24. The first-order chi connectivity index (χ1) is 8.58. The summed E-state index contributed by atoms with van der Waals surface area (Å²) in [6, 6.07) is 5.27. The monoisotopic (exact) mass is 314 g/mol. The molecule has 0 aliphatic heterocycles. The van der Waals surface area contributed by atoms with Gasteiger partial charge >= 0.3 is 0 Å². The van der Waals surface area contributed by atoms with E-state index < -0.39 is 0 Å².